The molecule has 1 amide bonds. The summed E-state index contributed by atoms with van der Waals surface area (Å²) in [6.45, 7) is 2.91. The monoisotopic (exact) mass is 453 g/mol. The highest BCUT2D eigenvalue weighted by molar-refractivity contribution is 7.99. The Morgan fingerprint density at radius 2 is 1.97 bits per heavy atom. The van der Waals surface area contributed by atoms with Gasteiger partial charge >= 0.3 is 0 Å². The van der Waals surface area contributed by atoms with Crippen molar-refractivity contribution in [3.05, 3.63) is 71.6 Å². The number of anilines is 1. The second-order valence-electron chi connectivity index (χ2n) is 6.58. The predicted molar refractivity (Wildman–Crippen MR) is 123 cm³/mol. The molecule has 2 heterocycles. The summed E-state index contributed by atoms with van der Waals surface area (Å²) in [4.78, 5) is 16.7. The Bertz CT molecular complexity index is 1210. The third-order valence-corrected chi connectivity index (χ3v) is 5.84. The zero-order valence-corrected chi connectivity index (χ0v) is 18.4. The number of pyridine rings is 1. The standard InChI is InChI=1S/C22H20ClN5O2S/c1-2-28-19(13-30-18-11-5-7-15-8-6-12-24-21(15)18)26-27-22(28)31-14-20(29)25-17-10-4-3-9-16(17)23/h3-12H,2,13-14H2,1H3,(H,25,29). The van der Waals surface area contributed by atoms with E-state index in [2.05, 4.69) is 20.5 Å². The number of para-hydroxylation sites is 2. The number of nitrogens with zero attached hydrogens (tertiary/aromatic N) is 4. The normalized spacial score (nSPS) is 10.9. The molecule has 0 aliphatic carbocycles. The summed E-state index contributed by atoms with van der Waals surface area (Å²) in [5, 5.41) is 13.5. The van der Waals surface area contributed by atoms with Crippen LogP contribution in [0, 0.1) is 0 Å². The zero-order chi connectivity index (χ0) is 21.6. The third-order valence-electron chi connectivity index (χ3n) is 4.54. The molecular formula is C22H20ClN5O2S. The predicted octanol–water partition coefficient (Wildman–Crippen LogP) is 4.81. The van der Waals surface area contributed by atoms with Crippen LogP contribution < -0.4 is 10.1 Å². The Kier molecular flexibility index (Phi) is 6.69. The summed E-state index contributed by atoms with van der Waals surface area (Å²) >= 11 is 7.41. The van der Waals surface area contributed by atoms with Crippen LogP contribution in [0.15, 0.2) is 66.0 Å². The third kappa shape index (κ3) is 4.98. The van der Waals surface area contributed by atoms with Crippen molar-refractivity contribution in [2.75, 3.05) is 11.1 Å². The van der Waals surface area contributed by atoms with Crippen molar-refractivity contribution in [1.82, 2.24) is 19.7 Å². The molecule has 0 radical (unpaired) electrons. The maximum atomic E-state index is 12.3. The first-order chi connectivity index (χ1) is 15.2. The van der Waals surface area contributed by atoms with Crippen LogP contribution in [0.5, 0.6) is 5.75 Å². The fourth-order valence-electron chi connectivity index (χ4n) is 3.06. The van der Waals surface area contributed by atoms with E-state index >= 15 is 0 Å². The highest BCUT2D eigenvalue weighted by Crippen LogP contribution is 2.25. The Morgan fingerprint density at radius 1 is 1.13 bits per heavy atom. The fourth-order valence-corrected chi connectivity index (χ4v) is 4.07. The van der Waals surface area contributed by atoms with E-state index in [1.807, 2.05) is 54.0 Å². The minimum atomic E-state index is -0.164. The number of fused-ring (bicyclic) bond motifs is 1. The van der Waals surface area contributed by atoms with E-state index in [9.17, 15) is 4.79 Å². The van der Waals surface area contributed by atoms with Crippen molar-refractivity contribution in [3.63, 3.8) is 0 Å². The number of carbonyl (C=O) groups is 1. The summed E-state index contributed by atoms with van der Waals surface area (Å²) in [7, 11) is 0. The maximum Gasteiger partial charge on any atom is 0.234 e. The van der Waals surface area contributed by atoms with Crippen LogP contribution in [-0.4, -0.2) is 31.4 Å². The average molecular weight is 454 g/mol. The van der Waals surface area contributed by atoms with Gasteiger partial charge in [-0.1, -0.05) is 53.7 Å². The van der Waals surface area contributed by atoms with Crippen LogP contribution in [0.1, 0.15) is 12.7 Å². The minimum absolute atomic E-state index is 0.164. The van der Waals surface area contributed by atoms with Gasteiger partial charge < -0.3 is 14.6 Å². The number of rotatable bonds is 8. The Balaban J connectivity index is 1.40. The minimum Gasteiger partial charge on any atom is -0.483 e. The highest BCUT2D eigenvalue weighted by Gasteiger charge is 2.15. The Labute approximate surface area is 188 Å². The van der Waals surface area contributed by atoms with Crippen LogP contribution in [0.2, 0.25) is 5.02 Å². The van der Waals surface area contributed by atoms with Crippen molar-refractivity contribution in [2.24, 2.45) is 0 Å². The number of halogens is 1. The number of hydrogen-bond donors (Lipinski definition) is 1. The van der Waals surface area contributed by atoms with Gasteiger partial charge in [0.15, 0.2) is 11.0 Å². The van der Waals surface area contributed by atoms with Gasteiger partial charge in [0, 0.05) is 18.1 Å². The summed E-state index contributed by atoms with van der Waals surface area (Å²) in [5.74, 6) is 1.40. The molecule has 1 N–H and O–H groups in total. The molecule has 0 bridgehead atoms. The molecule has 158 valence electrons. The summed E-state index contributed by atoms with van der Waals surface area (Å²) in [5.41, 5.74) is 1.39. The van der Waals surface area contributed by atoms with Gasteiger partial charge in [0.05, 0.1) is 16.5 Å². The fraction of sp³-hybridized carbons (Fsp3) is 0.182. The second kappa shape index (κ2) is 9.80. The first-order valence-corrected chi connectivity index (χ1v) is 11.1. The van der Waals surface area contributed by atoms with Gasteiger partial charge in [0.2, 0.25) is 5.91 Å². The zero-order valence-electron chi connectivity index (χ0n) is 16.8. The number of amides is 1. The molecule has 0 atom stereocenters. The van der Waals surface area contributed by atoms with Crippen LogP contribution in [0.25, 0.3) is 10.9 Å². The number of aromatic nitrogens is 4. The molecular weight excluding hydrogens is 434 g/mol. The van der Waals surface area contributed by atoms with E-state index in [1.54, 1.807) is 18.3 Å². The van der Waals surface area contributed by atoms with Gasteiger partial charge in [-0.05, 0) is 31.2 Å². The van der Waals surface area contributed by atoms with Crippen molar-refractivity contribution < 1.29 is 9.53 Å². The molecule has 2 aromatic heterocycles. The lowest BCUT2D eigenvalue weighted by atomic mass is 10.2. The largest absolute Gasteiger partial charge is 0.483 e. The average Bonchev–Trinajstić information content (AvgIpc) is 3.19. The Hall–Kier alpha value is -3.10. The molecule has 9 heteroatoms. The van der Waals surface area contributed by atoms with Crippen LogP contribution in [-0.2, 0) is 17.9 Å². The number of nitrogens with one attached hydrogen (secondary N) is 1. The lowest BCUT2D eigenvalue weighted by Gasteiger charge is -2.10. The molecule has 0 saturated heterocycles. The molecule has 2 aromatic carbocycles. The molecule has 0 fully saturated rings. The smallest absolute Gasteiger partial charge is 0.234 e. The van der Waals surface area contributed by atoms with E-state index in [0.29, 0.717) is 34.0 Å². The molecule has 4 rings (SSSR count). The number of benzene rings is 2. The quantitative estimate of drug-likeness (QED) is 0.385. The summed E-state index contributed by atoms with van der Waals surface area (Å²) in [6, 6.07) is 16.8. The molecule has 0 unspecified atom stereocenters. The highest BCUT2D eigenvalue weighted by atomic mass is 35.5. The van der Waals surface area contributed by atoms with E-state index in [4.69, 9.17) is 16.3 Å². The number of hydrogen-bond acceptors (Lipinski definition) is 6. The van der Waals surface area contributed by atoms with Crippen molar-refractivity contribution in [3.8, 4) is 5.75 Å². The topological polar surface area (TPSA) is 81.9 Å². The summed E-state index contributed by atoms with van der Waals surface area (Å²) in [6.07, 6.45) is 1.74. The lowest BCUT2D eigenvalue weighted by Crippen LogP contribution is -2.15. The number of carbonyl (C=O) groups excluding carboxylic acids is 1. The van der Waals surface area contributed by atoms with Crippen LogP contribution in [0.3, 0.4) is 0 Å². The summed E-state index contributed by atoms with van der Waals surface area (Å²) < 4.78 is 7.93. The van der Waals surface area contributed by atoms with Gasteiger partial charge in [-0.25, -0.2) is 0 Å². The number of ether oxygens (including phenoxy) is 1. The maximum absolute atomic E-state index is 12.3. The van der Waals surface area contributed by atoms with Crippen LogP contribution in [0.4, 0.5) is 5.69 Å². The molecule has 0 saturated carbocycles. The van der Waals surface area contributed by atoms with E-state index in [0.717, 1.165) is 10.9 Å². The van der Waals surface area contributed by atoms with Gasteiger partial charge in [0.1, 0.15) is 17.9 Å². The SMILES string of the molecule is CCn1c(COc2cccc3cccnc23)nnc1SCC(=O)Nc1ccccc1Cl. The van der Waals surface area contributed by atoms with E-state index < -0.39 is 0 Å². The molecule has 4 aromatic rings. The van der Waals surface area contributed by atoms with Crippen molar-refractivity contribution >= 4 is 45.9 Å². The van der Waals surface area contributed by atoms with Crippen molar-refractivity contribution in [2.45, 2.75) is 25.2 Å². The Morgan fingerprint density at radius 3 is 2.81 bits per heavy atom. The van der Waals surface area contributed by atoms with E-state index in [1.165, 1.54) is 11.8 Å². The van der Waals surface area contributed by atoms with Gasteiger partial charge in [0.25, 0.3) is 0 Å². The molecule has 0 aliphatic rings. The number of thioether (sulfide) groups is 1. The van der Waals surface area contributed by atoms with Crippen LogP contribution >= 0.6 is 23.4 Å². The van der Waals surface area contributed by atoms with Gasteiger partial charge in [-0.15, -0.1) is 10.2 Å². The van der Waals surface area contributed by atoms with E-state index in [-0.39, 0.29) is 18.3 Å². The molecule has 0 spiro atoms. The second-order valence-corrected chi connectivity index (χ2v) is 7.93. The lowest BCUT2D eigenvalue weighted by molar-refractivity contribution is -0.113. The van der Waals surface area contributed by atoms with Crippen molar-refractivity contribution in [1.29, 1.82) is 0 Å². The first kappa shape index (κ1) is 21.1. The van der Waals surface area contributed by atoms with Gasteiger partial charge in [-0.3, -0.25) is 9.78 Å². The molecule has 7 nitrogen and oxygen atoms in total. The molecule has 0 aliphatic heterocycles. The first-order valence-electron chi connectivity index (χ1n) is 9.71. The van der Waals surface area contributed by atoms with Gasteiger partial charge in [-0.2, -0.15) is 0 Å². The molecule has 31 heavy (non-hydrogen) atoms.